The summed E-state index contributed by atoms with van der Waals surface area (Å²) in [5.74, 6) is -0.00341. The SMILES string of the molecule is Cc1cc(F)cc(NC(=O)CCS)c1. The molecule has 2 nitrogen and oxygen atoms in total. The molecule has 1 rings (SSSR count). The molecule has 0 saturated carbocycles. The smallest absolute Gasteiger partial charge is 0.225 e. The summed E-state index contributed by atoms with van der Waals surface area (Å²) in [6, 6.07) is 4.43. The highest BCUT2D eigenvalue weighted by Gasteiger charge is 2.02. The van der Waals surface area contributed by atoms with E-state index < -0.39 is 0 Å². The summed E-state index contributed by atoms with van der Waals surface area (Å²) in [5.41, 5.74) is 1.28. The van der Waals surface area contributed by atoms with E-state index in [4.69, 9.17) is 0 Å². The van der Waals surface area contributed by atoms with Crippen molar-refractivity contribution < 1.29 is 9.18 Å². The van der Waals surface area contributed by atoms with E-state index in [2.05, 4.69) is 17.9 Å². The Labute approximate surface area is 87.9 Å². The van der Waals surface area contributed by atoms with Crippen LogP contribution in [0, 0.1) is 12.7 Å². The molecule has 0 heterocycles. The van der Waals surface area contributed by atoms with Crippen LogP contribution in [-0.2, 0) is 4.79 Å². The maximum Gasteiger partial charge on any atom is 0.225 e. The number of carbonyl (C=O) groups is 1. The Kier molecular flexibility index (Phi) is 3.95. The number of rotatable bonds is 3. The number of amides is 1. The van der Waals surface area contributed by atoms with Gasteiger partial charge in [0.05, 0.1) is 0 Å². The fourth-order valence-electron chi connectivity index (χ4n) is 1.13. The van der Waals surface area contributed by atoms with Crippen molar-refractivity contribution in [2.75, 3.05) is 11.1 Å². The van der Waals surface area contributed by atoms with Gasteiger partial charge >= 0.3 is 0 Å². The molecule has 0 saturated heterocycles. The van der Waals surface area contributed by atoms with Gasteiger partial charge in [-0.3, -0.25) is 4.79 Å². The summed E-state index contributed by atoms with van der Waals surface area (Å²) < 4.78 is 12.9. The number of benzene rings is 1. The highest BCUT2D eigenvalue weighted by Crippen LogP contribution is 2.13. The lowest BCUT2D eigenvalue weighted by molar-refractivity contribution is -0.115. The number of anilines is 1. The van der Waals surface area contributed by atoms with E-state index >= 15 is 0 Å². The molecule has 0 fully saturated rings. The molecule has 1 N–H and O–H groups in total. The minimum Gasteiger partial charge on any atom is -0.326 e. The number of aryl methyl sites for hydroxylation is 1. The van der Waals surface area contributed by atoms with Gasteiger partial charge in [0.15, 0.2) is 0 Å². The minimum absolute atomic E-state index is 0.148. The van der Waals surface area contributed by atoms with Crippen LogP contribution in [-0.4, -0.2) is 11.7 Å². The van der Waals surface area contributed by atoms with E-state index in [9.17, 15) is 9.18 Å². The molecule has 0 aromatic heterocycles. The van der Waals surface area contributed by atoms with Crippen molar-refractivity contribution in [1.82, 2.24) is 0 Å². The van der Waals surface area contributed by atoms with E-state index in [0.29, 0.717) is 17.9 Å². The van der Waals surface area contributed by atoms with Crippen molar-refractivity contribution in [2.45, 2.75) is 13.3 Å². The second-order valence-electron chi connectivity index (χ2n) is 3.04. The minimum atomic E-state index is -0.342. The summed E-state index contributed by atoms with van der Waals surface area (Å²) >= 11 is 3.93. The van der Waals surface area contributed by atoms with E-state index in [1.165, 1.54) is 12.1 Å². The Morgan fingerprint density at radius 3 is 2.79 bits per heavy atom. The third-order valence-corrected chi connectivity index (χ3v) is 1.89. The van der Waals surface area contributed by atoms with Crippen molar-refractivity contribution in [3.63, 3.8) is 0 Å². The first-order chi connectivity index (χ1) is 6.61. The largest absolute Gasteiger partial charge is 0.326 e. The number of halogens is 1. The number of thiol groups is 1. The molecule has 0 spiro atoms. The van der Waals surface area contributed by atoms with Gasteiger partial charge in [-0.15, -0.1) is 0 Å². The molecule has 0 radical (unpaired) electrons. The molecule has 76 valence electrons. The van der Waals surface area contributed by atoms with Crippen molar-refractivity contribution in [3.8, 4) is 0 Å². The zero-order valence-corrected chi connectivity index (χ0v) is 8.77. The zero-order valence-electron chi connectivity index (χ0n) is 7.88. The van der Waals surface area contributed by atoms with Crippen LogP contribution >= 0.6 is 12.6 Å². The summed E-state index contributed by atoms with van der Waals surface area (Å²) in [6.07, 6.45) is 0.332. The van der Waals surface area contributed by atoms with E-state index in [1.54, 1.807) is 13.0 Å². The number of nitrogens with one attached hydrogen (secondary N) is 1. The van der Waals surface area contributed by atoms with Crippen LogP contribution < -0.4 is 5.32 Å². The quantitative estimate of drug-likeness (QED) is 0.742. The Morgan fingerprint density at radius 2 is 2.21 bits per heavy atom. The molecule has 0 aliphatic rings. The summed E-state index contributed by atoms with van der Waals surface area (Å²) in [4.78, 5) is 11.2. The molecular weight excluding hydrogens is 201 g/mol. The first-order valence-electron chi connectivity index (χ1n) is 4.29. The van der Waals surface area contributed by atoms with Crippen LogP contribution in [0.15, 0.2) is 18.2 Å². The molecule has 0 aliphatic carbocycles. The van der Waals surface area contributed by atoms with Gasteiger partial charge in [-0.2, -0.15) is 12.6 Å². The van der Waals surface area contributed by atoms with Crippen molar-refractivity contribution in [1.29, 1.82) is 0 Å². The van der Waals surface area contributed by atoms with Gasteiger partial charge in [0.2, 0.25) is 5.91 Å². The van der Waals surface area contributed by atoms with Crippen molar-refractivity contribution in [2.24, 2.45) is 0 Å². The highest BCUT2D eigenvalue weighted by atomic mass is 32.1. The maximum absolute atomic E-state index is 12.9. The molecule has 0 atom stereocenters. The van der Waals surface area contributed by atoms with Crippen LogP contribution in [0.2, 0.25) is 0 Å². The molecule has 4 heteroatoms. The first kappa shape index (κ1) is 11.0. The van der Waals surface area contributed by atoms with Gasteiger partial charge in [0, 0.05) is 12.1 Å². The Balaban J connectivity index is 2.71. The number of carbonyl (C=O) groups excluding carboxylic acids is 1. The van der Waals surface area contributed by atoms with Crippen molar-refractivity contribution >= 4 is 24.2 Å². The van der Waals surface area contributed by atoms with Gasteiger partial charge in [-0.25, -0.2) is 4.39 Å². The van der Waals surface area contributed by atoms with Crippen LogP contribution in [0.4, 0.5) is 10.1 Å². The normalized spacial score (nSPS) is 9.93. The van der Waals surface area contributed by atoms with Crippen LogP contribution in [0.5, 0.6) is 0 Å². The van der Waals surface area contributed by atoms with Crippen LogP contribution in [0.3, 0.4) is 0 Å². The summed E-state index contributed by atoms with van der Waals surface area (Å²) in [5, 5.41) is 2.60. The molecule has 0 bridgehead atoms. The lowest BCUT2D eigenvalue weighted by atomic mass is 10.2. The Morgan fingerprint density at radius 1 is 1.50 bits per heavy atom. The third-order valence-electron chi connectivity index (χ3n) is 1.66. The second-order valence-corrected chi connectivity index (χ2v) is 3.49. The van der Waals surface area contributed by atoms with Gasteiger partial charge in [-0.1, -0.05) is 0 Å². The molecule has 0 aliphatic heterocycles. The standard InChI is InChI=1S/C10H12FNOS/c1-7-4-8(11)6-9(5-7)12-10(13)2-3-14/h4-6,14H,2-3H2,1H3,(H,12,13). The number of hydrogen-bond donors (Lipinski definition) is 2. The average Bonchev–Trinajstić information content (AvgIpc) is 2.01. The molecule has 0 unspecified atom stereocenters. The highest BCUT2D eigenvalue weighted by molar-refractivity contribution is 7.80. The monoisotopic (exact) mass is 213 g/mol. The fourth-order valence-corrected chi connectivity index (χ4v) is 1.34. The predicted octanol–water partition coefficient (Wildman–Crippen LogP) is 2.39. The molecule has 1 amide bonds. The van der Waals surface area contributed by atoms with E-state index in [-0.39, 0.29) is 11.7 Å². The Hall–Kier alpha value is -1.03. The number of hydrogen-bond acceptors (Lipinski definition) is 2. The van der Waals surface area contributed by atoms with E-state index in [1.807, 2.05) is 0 Å². The average molecular weight is 213 g/mol. The fraction of sp³-hybridized carbons (Fsp3) is 0.300. The third kappa shape index (κ3) is 3.38. The Bertz CT molecular complexity index is 321. The molecule has 14 heavy (non-hydrogen) atoms. The van der Waals surface area contributed by atoms with Gasteiger partial charge in [-0.05, 0) is 36.4 Å². The molecular formula is C10H12FNOS. The summed E-state index contributed by atoms with van der Waals surface area (Å²) in [7, 11) is 0. The lowest BCUT2D eigenvalue weighted by Gasteiger charge is -2.05. The molecule has 1 aromatic rings. The summed E-state index contributed by atoms with van der Waals surface area (Å²) in [6.45, 7) is 1.78. The van der Waals surface area contributed by atoms with Crippen LogP contribution in [0.1, 0.15) is 12.0 Å². The van der Waals surface area contributed by atoms with E-state index in [0.717, 1.165) is 5.56 Å². The van der Waals surface area contributed by atoms with Gasteiger partial charge in [0.1, 0.15) is 5.82 Å². The van der Waals surface area contributed by atoms with Crippen LogP contribution in [0.25, 0.3) is 0 Å². The predicted molar refractivity (Wildman–Crippen MR) is 58.2 cm³/mol. The maximum atomic E-state index is 12.9. The second kappa shape index (κ2) is 5.00. The van der Waals surface area contributed by atoms with Gasteiger partial charge in [0.25, 0.3) is 0 Å². The lowest BCUT2D eigenvalue weighted by Crippen LogP contribution is -2.11. The zero-order chi connectivity index (χ0) is 10.6. The first-order valence-corrected chi connectivity index (χ1v) is 4.93. The topological polar surface area (TPSA) is 29.1 Å². The van der Waals surface area contributed by atoms with Gasteiger partial charge < -0.3 is 5.32 Å². The molecule has 1 aromatic carbocycles. The van der Waals surface area contributed by atoms with Crippen molar-refractivity contribution in [3.05, 3.63) is 29.6 Å².